The van der Waals surface area contributed by atoms with Crippen LogP contribution in [0.15, 0.2) is 47.0 Å². The van der Waals surface area contributed by atoms with Crippen LogP contribution in [0.2, 0.25) is 5.02 Å². The number of benzene rings is 2. The first kappa shape index (κ1) is 21.3. The molecule has 1 heterocycles. The van der Waals surface area contributed by atoms with E-state index >= 15 is 0 Å². The largest absolute Gasteiger partial charge is 0.489 e. The number of nitrogens with one attached hydrogen (secondary N) is 2. The summed E-state index contributed by atoms with van der Waals surface area (Å²) in [5.74, 6) is 0.828. The van der Waals surface area contributed by atoms with Gasteiger partial charge in [-0.1, -0.05) is 28.9 Å². The Morgan fingerprint density at radius 3 is 2.53 bits per heavy atom. The van der Waals surface area contributed by atoms with Crippen LogP contribution in [0.1, 0.15) is 39.6 Å². The smallest absolute Gasteiger partial charge is 0.269 e. The van der Waals surface area contributed by atoms with Crippen molar-refractivity contribution in [2.75, 3.05) is 0 Å². The number of carbonyl (C=O) groups is 2. The lowest BCUT2D eigenvalue weighted by atomic mass is 10.1. The molecule has 8 nitrogen and oxygen atoms in total. The lowest BCUT2D eigenvalue weighted by molar-refractivity contribution is -0.121. The minimum absolute atomic E-state index is 0.113. The highest BCUT2D eigenvalue weighted by Crippen LogP contribution is 2.21. The average Bonchev–Trinajstić information content (AvgIpc) is 3.17. The van der Waals surface area contributed by atoms with Gasteiger partial charge < -0.3 is 9.26 Å². The van der Waals surface area contributed by atoms with Gasteiger partial charge in [-0.3, -0.25) is 20.4 Å². The van der Waals surface area contributed by atoms with Crippen molar-refractivity contribution in [3.63, 3.8) is 0 Å². The van der Waals surface area contributed by atoms with E-state index in [1.54, 1.807) is 43.3 Å². The zero-order valence-electron chi connectivity index (χ0n) is 16.6. The molecule has 2 N–H and O–H groups in total. The molecule has 0 unspecified atom stereocenters. The number of rotatable bonds is 7. The maximum absolute atomic E-state index is 12.2. The third-order valence-corrected chi connectivity index (χ3v) is 4.63. The molecule has 9 heteroatoms. The lowest BCUT2D eigenvalue weighted by Gasteiger charge is -2.09. The second-order valence-corrected chi connectivity index (χ2v) is 7.04. The first-order valence-corrected chi connectivity index (χ1v) is 9.65. The molecule has 0 atom stereocenters. The van der Waals surface area contributed by atoms with Crippen molar-refractivity contribution >= 4 is 23.4 Å². The number of hydrogen-bond acceptors (Lipinski definition) is 6. The van der Waals surface area contributed by atoms with E-state index in [-0.39, 0.29) is 12.3 Å². The maximum atomic E-state index is 12.2. The topological polar surface area (TPSA) is 106 Å². The van der Waals surface area contributed by atoms with Gasteiger partial charge in [0.1, 0.15) is 12.4 Å². The van der Waals surface area contributed by atoms with Crippen LogP contribution < -0.4 is 15.6 Å². The zero-order valence-corrected chi connectivity index (χ0v) is 17.3. The highest BCUT2D eigenvalue weighted by Gasteiger charge is 2.10. The Hall–Kier alpha value is -3.39. The minimum Gasteiger partial charge on any atom is -0.489 e. The fourth-order valence-electron chi connectivity index (χ4n) is 2.55. The van der Waals surface area contributed by atoms with E-state index in [1.807, 2.05) is 13.0 Å². The van der Waals surface area contributed by atoms with E-state index in [9.17, 15) is 9.59 Å². The molecule has 0 aliphatic carbocycles. The molecule has 2 amide bonds. The molecule has 0 fully saturated rings. The Morgan fingerprint density at radius 2 is 1.87 bits per heavy atom. The van der Waals surface area contributed by atoms with Crippen LogP contribution >= 0.6 is 11.6 Å². The van der Waals surface area contributed by atoms with Gasteiger partial charge in [0.15, 0.2) is 5.82 Å². The molecule has 0 spiro atoms. The number of nitrogens with zero attached hydrogens (tertiary/aromatic N) is 2. The molecule has 0 aliphatic rings. The monoisotopic (exact) mass is 428 g/mol. The Morgan fingerprint density at radius 1 is 1.10 bits per heavy atom. The number of aromatic nitrogens is 2. The predicted octanol–water partition coefficient (Wildman–Crippen LogP) is 3.31. The van der Waals surface area contributed by atoms with Gasteiger partial charge in [0.2, 0.25) is 11.8 Å². The highest BCUT2D eigenvalue weighted by atomic mass is 35.5. The summed E-state index contributed by atoms with van der Waals surface area (Å²) in [6, 6.07) is 12.4. The number of ether oxygens (including phenoxy) is 1. The molecular formula is C21H21ClN4O4. The average molecular weight is 429 g/mol. The number of hydrazine groups is 1. The van der Waals surface area contributed by atoms with E-state index in [0.717, 1.165) is 16.9 Å². The second-order valence-electron chi connectivity index (χ2n) is 6.63. The van der Waals surface area contributed by atoms with E-state index in [0.29, 0.717) is 35.3 Å². The van der Waals surface area contributed by atoms with Gasteiger partial charge in [0, 0.05) is 23.4 Å². The molecule has 156 valence electrons. The molecule has 0 aliphatic heterocycles. The standard InChI is InChI=1S/C21H21ClN4O4/c1-13-11-17(7-8-18(13)22)29-12-15-3-5-16(6-4-15)21(28)25-24-19(27)9-10-20-23-14(2)26-30-20/h3-8,11H,9-10,12H2,1-2H3,(H,24,27)(H,25,28). The Labute approximate surface area is 178 Å². The van der Waals surface area contributed by atoms with Gasteiger partial charge in [-0.15, -0.1) is 0 Å². The van der Waals surface area contributed by atoms with Crippen LogP contribution in [-0.4, -0.2) is 22.0 Å². The van der Waals surface area contributed by atoms with Crippen molar-refractivity contribution in [1.82, 2.24) is 21.0 Å². The predicted molar refractivity (Wildman–Crippen MR) is 110 cm³/mol. The van der Waals surface area contributed by atoms with Gasteiger partial charge in [-0.25, -0.2) is 0 Å². The molecule has 0 saturated carbocycles. The van der Waals surface area contributed by atoms with Gasteiger partial charge in [0.05, 0.1) is 0 Å². The van der Waals surface area contributed by atoms with E-state index in [1.165, 1.54) is 0 Å². The molecule has 3 rings (SSSR count). The molecule has 3 aromatic rings. The van der Waals surface area contributed by atoms with Crippen LogP contribution in [-0.2, 0) is 17.8 Å². The molecule has 0 saturated heterocycles. The lowest BCUT2D eigenvalue weighted by Crippen LogP contribution is -2.41. The van der Waals surface area contributed by atoms with Crippen LogP contribution in [0.25, 0.3) is 0 Å². The Bertz CT molecular complexity index is 1030. The summed E-state index contributed by atoms with van der Waals surface area (Å²) in [5.41, 5.74) is 7.00. The first-order chi connectivity index (χ1) is 14.4. The fourth-order valence-corrected chi connectivity index (χ4v) is 2.67. The second kappa shape index (κ2) is 9.89. The van der Waals surface area contributed by atoms with Crippen molar-refractivity contribution in [1.29, 1.82) is 0 Å². The van der Waals surface area contributed by atoms with E-state index in [2.05, 4.69) is 21.0 Å². The van der Waals surface area contributed by atoms with Crippen LogP contribution in [0.4, 0.5) is 0 Å². The number of hydrogen-bond donors (Lipinski definition) is 2. The van der Waals surface area contributed by atoms with Crippen molar-refractivity contribution in [3.8, 4) is 5.75 Å². The summed E-state index contributed by atoms with van der Waals surface area (Å²) in [6.45, 7) is 3.96. The number of halogens is 1. The summed E-state index contributed by atoms with van der Waals surface area (Å²) < 4.78 is 10.7. The highest BCUT2D eigenvalue weighted by molar-refractivity contribution is 6.31. The van der Waals surface area contributed by atoms with Crippen molar-refractivity contribution in [2.45, 2.75) is 33.3 Å². The van der Waals surface area contributed by atoms with Gasteiger partial charge >= 0.3 is 0 Å². The van der Waals surface area contributed by atoms with Crippen molar-refractivity contribution in [2.24, 2.45) is 0 Å². The minimum atomic E-state index is -0.419. The fraction of sp³-hybridized carbons (Fsp3) is 0.238. The number of carbonyl (C=O) groups excluding carboxylic acids is 2. The molecule has 30 heavy (non-hydrogen) atoms. The molecule has 2 aromatic carbocycles. The van der Waals surface area contributed by atoms with Crippen LogP contribution in [0.3, 0.4) is 0 Å². The number of aryl methyl sites for hydroxylation is 3. The Balaban J connectivity index is 1.43. The molecule has 0 radical (unpaired) electrons. The molecular weight excluding hydrogens is 408 g/mol. The first-order valence-electron chi connectivity index (χ1n) is 9.27. The van der Waals surface area contributed by atoms with Crippen molar-refractivity contribution in [3.05, 3.63) is 75.9 Å². The quantitative estimate of drug-likeness (QED) is 0.559. The normalized spacial score (nSPS) is 10.5. The third-order valence-electron chi connectivity index (χ3n) is 4.20. The van der Waals surface area contributed by atoms with Gasteiger partial charge in [0.25, 0.3) is 5.91 Å². The molecule has 0 bridgehead atoms. The summed E-state index contributed by atoms with van der Waals surface area (Å²) in [4.78, 5) is 28.0. The Kier molecular flexibility index (Phi) is 7.03. The summed E-state index contributed by atoms with van der Waals surface area (Å²) in [7, 11) is 0. The van der Waals surface area contributed by atoms with Crippen molar-refractivity contribution < 1.29 is 18.8 Å². The van der Waals surface area contributed by atoms with Crippen LogP contribution in [0, 0.1) is 13.8 Å². The SMILES string of the molecule is Cc1noc(CCC(=O)NNC(=O)c2ccc(COc3ccc(Cl)c(C)c3)cc2)n1. The zero-order chi connectivity index (χ0) is 21.5. The van der Waals surface area contributed by atoms with Crippen LogP contribution in [0.5, 0.6) is 5.75 Å². The van der Waals surface area contributed by atoms with E-state index < -0.39 is 5.91 Å². The van der Waals surface area contributed by atoms with Gasteiger partial charge in [-0.05, 0) is 55.3 Å². The maximum Gasteiger partial charge on any atom is 0.269 e. The summed E-state index contributed by atoms with van der Waals surface area (Å²) >= 11 is 6.01. The summed E-state index contributed by atoms with van der Waals surface area (Å²) in [5, 5.41) is 4.34. The molecule has 1 aromatic heterocycles. The van der Waals surface area contributed by atoms with Gasteiger partial charge in [-0.2, -0.15) is 4.98 Å². The number of amides is 2. The van der Waals surface area contributed by atoms with E-state index in [4.69, 9.17) is 20.9 Å². The summed E-state index contributed by atoms with van der Waals surface area (Å²) in [6.07, 6.45) is 0.409. The third kappa shape index (κ3) is 6.05.